The SMILES string of the molecule is Cc1ccc(N=C(N)c2ccccc2)c(/C(=C(/C(=Cc2ccccc2)c2ccccc2)c2ccccc2)c2ccccc2)c1. The summed E-state index contributed by atoms with van der Waals surface area (Å²) >= 11 is 0. The molecular formula is C42H34N2. The molecule has 6 aromatic rings. The number of aliphatic imine (C=N–C) groups is 1. The van der Waals surface area contributed by atoms with E-state index < -0.39 is 0 Å². The topological polar surface area (TPSA) is 38.4 Å². The number of rotatable bonds is 8. The molecule has 2 heteroatoms. The van der Waals surface area contributed by atoms with E-state index in [2.05, 4.69) is 153 Å². The summed E-state index contributed by atoms with van der Waals surface area (Å²) in [4.78, 5) is 5.05. The summed E-state index contributed by atoms with van der Waals surface area (Å²) in [6, 6.07) is 58.8. The molecule has 0 unspecified atom stereocenters. The van der Waals surface area contributed by atoms with E-state index in [-0.39, 0.29) is 0 Å². The molecular weight excluding hydrogens is 532 g/mol. The quantitative estimate of drug-likeness (QED) is 0.0846. The average molecular weight is 567 g/mol. The smallest absolute Gasteiger partial charge is 0.131 e. The second kappa shape index (κ2) is 13.5. The first-order valence-electron chi connectivity index (χ1n) is 14.9. The Balaban J connectivity index is 1.74. The summed E-state index contributed by atoms with van der Waals surface area (Å²) in [6.45, 7) is 2.13. The Morgan fingerprint density at radius 2 is 1.00 bits per heavy atom. The number of hydrogen-bond donors (Lipinski definition) is 1. The molecule has 0 aliphatic heterocycles. The number of hydrogen-bond acceptors (Lipinski definition) is 1. The molecule has 0 aliphatic rings. The molecule has 0 amide bonds. The van der Waals surface area contributed by atoms with Crippen LogP contribution in [-0.2, 0) is 0 Å². The number of nitrogens with two attached hydrogens (primary N) is 1. The number of allylic oxidation sites excluding steroid dienone is 2. The van der Waals surface area contributed by atoms with Crippen molar-refractivity contribution < 1.29 is 0 Å². The molecule has 6 aromatic carbocycles. The molecule has 0 radical (unpaired) electrons. The van der Waals surface area contributed by atoms with Crippen molar-refractivity contribution in [2.24, 2.45) is 10.7 Å². The average Bonchev–Trinajstić information content (AvgIpc) is 3.09. The Hall–Kier alpha value is -5.73. The number of amidine groups is 1. The van der Waals surface area contributed by atoms with E-state index in [1.54, 1.807) is 0 Å². The van der Waals surface area contributed by atoms with Gasteiger partial charge < -0.3 is 5.73 Å². The van der Waals surface area contributed by atoms with Crippen LogP contribution in [0, 0.1) is 6.92 Å². The zero-order chi connectivity index (χ0) is 30.1. The summed E-state index contributed by atoms with van der Waals surface area (Å²) in [6.07, 6.45) is 2.29. The van der Waals surface area contributed by atoms with Gasteiger partial charge in [-0.05, 0) is 64.1 Å². The van der Waals surface area contributed by atoms with Gasteiger partial charge in [0.2, 0.25) is 0 Å². The number of nitrogens with zero attached hydrogens (tertiary/aromatic N) is 1. The van der Waals surface area contributed by atoms with Crippen molar-refractivity contribution in [1.82, 2.24) is 0 Å². The summed E-state index contributed by atoms with van der Waals surface area (Å²) < 4.78 is 0. The van der Waals surface area contributed by atoms with Crippen molar-refractivity contribution in [3.05, 3.63) is 209 Å². The van der Waals surface area contributed by atoms with Gasteiger partial charge >= 0.3 is 0 Å². The Morgan fingerprint density at radius 3 is 1.57 bits per heavy atom. The van der Waals surface area contributed by atoms with E-state index >= 15 is 0 Å². The molecule has 0 saturated heterocycles. The minimum Gasteiger partial charge on any atom is -0.383 e. The van der Waals surface area contributed by atoms with E-state index in [9.17, 15) is 0 Å². The van der Waals surface area contributed by atoms with Crippen LogP contribution in [0.15, 0.2) is 175 Å². The van der Waals surface area contributed by atoms with Gasteiger partial charge in [0.1, 0.15) is 5.84 Å². The summed E-state index contributed by atoms with van der Waals surface area (Å²) in [5.74, 6) is 0.479. The molecule has 0 bridgehead atoms. The Labute approximate surface area is 260 Å². The molecule has 0 aliphatic carbocycles. The van der Waals surface area contributed by atoms with Crippen LogP contribution in [0.5, 0.6) is 0 Å². The molecule has 0 saturated carbocycles. The number of benzene rings is 6. The summed E-state index contributed by atoms with van der Waals surface area (Å²) in [5, 5.41) is 0. The Morgan fingerprint density at radius 1 is 0.523 bits per heavy atom. The summed E-state index contributed by atoms with van der Waals surface area (Å²) in [5.41, 5.74) is 18.3. The van der Waals surface area contributed by atoms with Gasteiger partial charge in [0, 0.05) is 11.1 Å². The van der Waals surface area contributed by atoms with Gasteiger partial charge in [-0.3, -0.25) is 0 Å². The zero-order valence-corrected chi connectivity index (χ0v) is 24.8. The van der Waals surface area contributed by atoms with Gasteiger partial charge in [-0.15, -0.1) is 0 Å². The van der Waals surface area contributed by atoms with Gasteiger partial charge in [-0.1, -0.05) is 163 Å². The van der Waals surface area contributed by atoms with Crippen LogP contribution in [0.3, 0.4) is 0 Å². The van der Waals surface area contributed by atoms with E-state index in [1.165, 1.54) is 0 Å². The highest BCUT2D eigenvalue weighted by Crippen LogP contribution is 2.44. The third kappa shape index (κ3) is 6.51. The van der Waals surface area contributed by atoms with Crippen molar-refractivity contribution >= 4 is 34.3 Å². The maximum atomic E-state index is 6.64. The molecule has 6 rings (SSSR count). The van der Waals surface area contributed by atoms with Gasteiger partial charge in [-0.2, -0.15) is 0 Å². The van der Waals surface area contributed by atoms with Crippen LogP contribution in [0.25, 0.3) is 22.8 Å². The fourth-order valence-electron chi connectivity index (χ4n) is 5.46. The highest BCUT2D eigenvalue weighted by molar-refractivity contribution is 6.22. The largest absolute Gasteiger partial charge is 0.383 e. The minimum absolute atomic E-state index is 0.479. The molecule has 2 nitrogen and oxygen atoms in total. The maximum Gasteiger partial charge on any atom is 0.131 e. The molecule has 44 heavy (non-hydrogen) atoms. The highest BCUT2D eigenvalue weighted by Gasteiger charge is 2.22. The van der Waals surface area contributed by atoms with E-state index in [0.29, 0.717) is 5.84 Å². The fraction of sp³-hybridized carbons (Fsp3) is 0.0238. The third-order valence-corrected chi connectivity index (χ3v) is 7.57. The second-order valence-corrected chi connectivity index (χ2v) is 10.7. The molecule has 0 fully saturated rings. The van der Waals surface area contributed by atoms with Crippen molar-refractivity contribution in [3.63, 3.8) is 0 Å². The van der Waals surface area contributed by atoms with Crippen LogP contribution >= 0.6 is 0 Å². The third-order valence-electron chi connectivity index (χ3n) is 7.57. The first kappa shape index (κ1) is 28.4. The minimum atomic E-state index is 0.479. The normalized spacial score (nSPS) is 12.5. The molecule has 2 N–H and O–H groups in total. The summed E-state index contributed by atoms with van der Waals surface area (Å²) in [7, 11) is 0. The number of aryl methyl sites for hydroxylation is 1. The molecule has 212 valence electrons. The molecule has 0 spiro atoms. The van der Waals surface area contributed by atoms with Crippen molar-refractivity contribution in [2.45, 2.75) is 6.92 Å². The second-order valence-electron chi connectivity index (χ2n) is 10.7. The van der Waals surface area contributed by atoms with E-state index in [4.69, 9.17) is 10.7 Å². The fourth-order valence-corrected chi connectivity index (χ4v) is 5.46. The first-order valence-corrected chi connectivity index (χ1v) is 14.9. The lowest BCUT2D eigenvalue weighted by Crippen LogP contribution is -2.12. The van der Waals surface area contributed by atoms with Crippen LogP contribution in [-0.4, -0.2) is 5.84 Å². The van der Waals surface area contributed by atoms with Gasteiger partial charge in [0.15, 0.2) is 0 Å². The van der Waals surface area contributed by atoms with E-state index in [1.807, 2.05) is 30.3 Å². The Kier molecular flexibility index (Phi) is 8.71. The zero-order valence-electron chi connectivity index (χ0n) is 24.8. The van der Waals surface area contributed by atoms with Crippen LogP contribution < -0.4 is 5.73 Å². The predicted octanol–water partition coefficient (Wildman–Crippen LogP) is 10.2. The molecule has 0 heterocycles. The van der Waals surface area contributed by atoms with Gasteiger partial charge in [-0.25, -0.2) is 4.99 Å². The standard InChI is InChI=1S/C42H34N2/c1-31-27-28-39(44-42(43)36-25-15-6-16-26-36)38(29-31)41(35-23-13-5-14-24-35)40(34-21-11-4-12-22-34)37(33-19-9-3-10-20-33)30-32-17-7-2-8-18-32/h2-30H,1H3,(H2,43,44)/b37-30?,41-40+. The Bertz CT molecular complexity index is 1920. The predicted molar refractivity (Wildman–Crippen MR) is 188 cm³/mol. The molecule has 0 atom stereocenters. The lowest BCUT2D eigenvalue weighted by Gasteiger charge is -2.22. The van der Waals surface area contributed by atoms with Crippen LogP contribution in [0.2, 0.25) is 0 Å². The monoisotopic (exact) mass is 566 g/mol. The first-order chi connectivity index (χ1) is 21.7. The van der Waals surface area contributed by atoms with Crippen molar-refractivity contribution in [1.29, 1.82) is 0 Å². The van der Waals surface area contributed by atoms with E-state index in [0.717, 1.165) is 61.4 Å². The maximum absolute atomic E-state index is 6.64. The highest BCUT2D eigenvalue weighted by atomic mass is 14.9. The van der Waals surface area contributed by atoms with Gasteiger partial charge in [0.25, 0.3) is 0 Å². The van der Waals surface area contributed by atoms with Crippen LogP contribution in [0.1, 0.15) is 38.9 Å². The van der Waals surface area contributed by atoms with Crippen molar-refractivity contribution in [3.8, 4) is 0 Å². The molecule has 0 aromatic heterocycles. The lowest BCUT2D eigenvalue weighted by molar-refractivity contribution is 1.38. The van der Waals surface area contributed by atoms with Crippen molar-refractivity contribution in [2.75, 3.05) is 0 Å². The van der Waals surface area contributed by atoms with Gasteiger partial charge in [0.05, 0.1) is 5.69 Å². The van der Waals surface area contributed by atoms with Crippen LogP contribution in [0.4, 0.5) is 5.69 Å². The lowest BCUT2D eigenvalue weighted by atomic mass is 9.82.